The molecule has 132 valence electrons. The van der Waals surface area contributed by atoms with Crippen molar-refractivity contribution >= 4 is 6.03 Å². The second-order valence-electron chi connectivity index (χ2n) is 7.47. The van der Waals surface area contributed by atoms with Crippen LogP contribution < -0.4 is 10.6 Å². The van der Waals surface area contributed by atoms with Crippen molar-refractivity contribution in [3.63, 3.8) is 0 Å². The van der Waals surface area contributed by atoms with Gasteiger partial charge in [-0.15, -0.1) is 0 Å². The highest BCUT2D eigenvalue weighted by Gasteiger charge is 2.59. The highest BCUT2D eigenvalue weighted by atomic mass is 16.5. The summed E-state index contributed by atoms with van der Waals surface area (Å²) < 4.78 is 7.73. The van der Waals surface area contributed by atoms with Gasteiger partial charge in [-0.3, -0.25) is 0 Å². The summed E-state index contributed by atoms with van der Waals surface area (Å²) in [6.07, 6.45) is 6.71. The average Bonchev–Trinajstić information content (AvgIpc) is 3.28. The molecule has 2 heterocycles. The fourth-order valence-corrected chi connectivity index (χ4v) is 4.30. The Bertz CT molecular complexity index is 757. The van der Waals surface area contributed by atoms with E-state index in [0.29, 0.717) is 12.5 Å². The minimum absolute atomic E-state index is 0.00672. The molecular weight excluding hydrogens is 316 g/mol. The number of nitrogens with one attached hydrogen (secondary N) is 2. The molecule has 1 aliphatic heterocycles. The number of rotatable bonds is 4. The van der Waals surface area contributed by atoms with E-state index >= 15 is 0 Å². The monoisotopic (exact) mass is 340 g/mol. The lowest BCUT2D eigenvalue weighted by Crippen LogP contribution is -2.67. The number of urea groups is 1. The zero-order valence-corrected chi connectivity index (χ0v) is 14.6. The number of hydrogen-bond acceptors (Lipinski definition) is 3. The lowest BCUT2D eigenvalue weighted by molar-refractivity contribution is -0.108. The molecule has 2 aromatic rings. The van der Waals surface area contributed by atoms with Crippen molar-refractivity contribution in [3.8, 4) is 5.69 Å². The van der Waals surface area contributed by atoms with Crippen LogP contribution in [0, 0.1) is 11.3 Å². The maximum atomic E-state index is 12.4. The maximum Gasteiger partial charge on any atom is 0.315 e. The first-order chi connectivity index (χ1) is 12.1. The van der Waals surface area contributed by atoms with Crippen molar-refractivity contribution in [1.82, 2.24) is 20.2 Å². The minimum atomic E-state index is -0.121. The van der Waals surface area contributed by atoms with Gasteiger partial charge in [0.15, 0.2) is 0 Å². The standard InChI is InChI=1S/C19H24N4O2/c1-19(2)16(14-7-10-25-17(14)19)22-18(24)21-11-13-5-3-4-6-15(13)23-9-8-20-12-23/h3-6,8-9,12,14,16-17H,7,10-11H2,1-2H3,(H2,21,22,24)/t14-,16-,17-/m1/s1. The topological polar surface area (TPSA) is 68.2 Å². The van der Waals surface area contributed by atoms with Gasteiger partial charge in [0.05, 0.1) is 18.1 Å². The number of amides is 2. The van der Waals surface area contributed by atoms with E-state index in [1.165, 1.54) is 0 Å². The molecule has 1 saturated heterocycles. The molecule has 2 amide bonds. The van der Waals surface area contributed by atoms with E-state index in [4.69, 9.17) is 4.74 Å². The fraction of sp³-hybridized carbons (Fsp3) is 0.474. The molecule has 2 aliphatic rings. The predicted octanol–water partition coefficient (Wildman–Crippen LogP) is 2.49. The van der Waals surface area contributed by atoms with Gasteiger partial charge in [0, 0.05) is 42.9 Å². The Morgan fingerprint density at radius 3 is 3.04 bits per heavy atom. The molecule has 0 spiro atoms. The molecule has 4 rings (SSSR count). The van der Waals surface area contributed by atoms with Crippen molar-refractivity contribution in [3.05, 3.63) is 48.5 Å². The number of imidazole rings is 1. The lowest BCUT2D eigenvalue weighted by Gasteiger charge is -2.54. The van der Waals surface area contributed by atoms with Crippen LogP contribution >= 0.6 is 0 Å². The van der Waals surface area contributed by atoms with Gasteiger partial charge in [-0.2, -0.15) is 0 Å². The number of fused-ring (bicyclic) bond motifs is 1. The van der Waals surface area contributed by atoms with Crippen LogP contribution in [-0.4, -0.2) is 34.3 Å². The minimum Gasteiger partial charge on any atom is -0.377 e. The van der Waals surface area contributed by atoms with Crippen molar-refractivity contribution in [2.24, 2.45) is 11.3 Å². The molecule has 6 heteroatoms. The molecule has 3 atom stereocenters. The van der Waals surface area contributed by atoms with E-state index in [2.05, 4.69) is 29.5 Å². The second kappa shape index (κ2) is 6.19. The van der Waals surface area contributed by atoms with Crippen LogP contribution in [0.1, 0.15) is 25.8 Å². The molecule has 1 aromatic heterocycles. The van der Waals surface area contributed by atoms with Crippen LogP contribution in [0.15, 0.2) is 43.0 Å². The largest absolute Gasteiger partial charge is 0.377 e. The molecule has 0 radical (unpaired) electrons. The summed E-state index contributed by atoms with van der Waals surface area (Å²) in [7, 11) is 0. The molecule has 0 bridgehead atoms. The normalized spacial score (nSPS) is 26.6. The molecule has 2 fully saturated rings. The highest BCUT2D eigenvalue weighted by molar-refractivity contribution is 5.74. The van der Waals surface area contributed by atoms with E-state index in [9.17, 15) is 4.79 Å². The summed E-state index contributed by atoms with van der Waals surface area (Å²) >= 11 is 0. The van der Waals surface area contributed by atoms with E-state index in [1.807, 2.05) is 35.0 Å². The third kappa shape index (κ3) is 2.80. The zero-order valence-electron chi connectivity index (χ0n) is 14.6. The Kier molecular flexibility index (Phi) is 4.00. The molecule has 25 heavy (non-hydrogen) atoms. The Morgan fingerprint density at radius 2 is 2.24 bits per heavy atom. The van der Waals surface area contributed by atoms with Gasteiger partial charge in [0.2, 0.25) is 0 Å². The first-order valence-corrected chi connectivity index (χ1v) is 8.79. The molecule has 0 unspecified atom stereocenters. The number of aromatic nitrogens is 2. The lowest BCUT2D eigenvalue weighted by atomic mass is 9.57. The summed E-state index contributed by atoms with van der Waals surface area (Å²) in [6, 6.07) is 8.05. The van der Waals surface area contributed by atoms with Gasteiger partial charge in [-0.05, 0) is 18.1 Å². The van der Waals surface area contributed by atoms with E-state index < -0.39 is 0 Å². The van der Waals surface area contributed by atoms with Crippen LogP contribution in [-0.2, 0) is 11.3 Å². The van der Waals surface area contributed by atoms with Crippen LogP contribution in [0.2, 0.25) is 0 Å². The number of para-hydroxylation sites is 1. The third-order valence-corrected chi connectivity index (χ3v) is 5.60. The molecule has 1 aromatic carbocycles. The van der Waals surface area contributed by atoms with E-state index in [1.54, 1.807) is 12.5 Å². The quantitative estimate of drug-likeness (QED) is 0.898. The van der Waals surface area contributed by atoms with Crippen molar-refractivity contribution in [2.45, 2.75) is 39.0 Å². The third-order valence-electron chi connectivity index (χ3n) is 5.60. The highest BCUT2D eigenvalue weighted by Crippen LogP contribution is 2.52. The van der Waals surface area contributed by atoms with Crippen LogP contribution in [0.5, 0.6) is 0 Å². The Labute approximate surface area is 147 Å². The first kappa shape index (κ1) is 16.1. The maximum absolute atomic E-state index is 12.4. The van der Waals surface area contributed by atoms with Crippen molar-refractivity contribution in [1.29, 1.82) is 0 Å². The SMILES string of the molecule is CC1(C)[C@H](NC(=O)NCc2ccccc2-n2ccnc2)[C@H]2CCO[C@H]21. The number of nitrogens with zero attached hydrogens (tertiary/aromatic N) is 2. The van der Waals surface area contributed by atoms with Crippen LogP contribution in [0.25, 0.3) is 5.69 Å². The van der Waals surface area contributed by atoms with Gasteiger partial charge in [0.25, 0.3) is 0 Å². The smallest absolute Gasteiger partial charge is 0.315 e. The Morgan fingerprint density at radius 1 is 1.40 bits per heavy atom. The van der Waals surface area contributed by atoms with Gasteiger partial charge in [0.1, 0.15) is 0 Å². The van der Waals surface area contributed by atoms with Gasteiger partial charge in [-0.1, -0.05) is 32.0 Å². The Balaban J connectivity index is 1.39. The second-order valence-corrected chi connectivity index (χ2v) is 7.47. The fourth-order valence-electron chi connectivity index (χ4n) is 4.30. The first-order valence-electron chi connectivity index (χ1n) is 8.79. The molecule has 1 aliphatic carbocycles. The summed E-state index contributed by atoms with van der Waals surface area (Å²) in [5.74, 6) is 0.444. The number of carbonyl (C=O) groups excluding carboxylic acids is 1. The molecule has 6 nitrogen and oxygen atoms in total. The van der Waals surface area contributed by atoms with Crippen LogP contribution in [0.3, 0.4) is 0 Å². The molecule has 2 N–H and O–H groups in total. The zero-order chi connectivity index (χ0) is 17.4. The number of benzene rings is 1. The number of carbonyl (C=O) groups is 1. The van der Waals surface area contributed by atoms with E-state index in [-0.39, 0.29) is 23.6 Å². The van der Waals surface area contributed by atoms with Crippen molar-refractivity contribution in [2.75, 3.05) is 6.61 Å². The van der Waals surface area contributed by atoms with E-state index in [0.717, 1.165) is 24.3 Å². The van der Waals surface area contributed by atoms with Gasteiger partial charge < -0.3 is 19.9 Å². The van der Waals surface area contributed by atoms with Crippen LogP contribution in [0.4, 0.5) is 4.79 Å². The Hall–Kier alpha value is -2.34. The molecular formula is C19H24N4O2. The summed E-state index contributed by atoms with van der Waals surface area (Å²) in [6.45, 7) is 5.60. The predicted molar refractivity (Wildman–Crippen MR) is 94.4 cm³/mol. The number of ether oxygens (including phenoxy) is 1. The summed E-state index contributed by atoms with van der Waals surface area (Å²) in [5, 5.41) is 6.15. The summed E-state index contributed by atoms with van der Waals surface area (Å²) in [5.41, 5.74) is 2.06. The molecule has 1 saturated carbocycles. The van der Waals surface area contributed by atoms with Gasteiger partial charge >= 0.3 is 6.03 Å². The van der Waals surface area contributed by atoms with Crippen molar-refractivity contribution < 1.29 is 9.53 Å². The number of hydrogen-bond donors (Lipinski definition) is 2. The average molecular weight is 340 g/mol. The van der Waals surface area contributed by atoms with Gasteiger partial charge in [-0.25, -0.2) is 9.78 Å². The summed E-state index contributed by atoms with van der Waals surface area (Å²) in [4.78, 5) is 16.5.